The molecule has 42 valence electrons. The van der Waals surface area contributed by atoms with Gasteiger partial charge in [0.1, 0.15) is 0 Å². The predicted molar refractivity (Wildman–Crippen MR) is 35.6 cm³/mol. The summed E-state index contributed by atoms with van der Waals surface area (Å²) in [7, 11) is 0. The van der Waals surface area contributed by atoms with Gasteiger partial charge in [-0.15, -0.1) is 0 Å². The molecule has 0 spiro atoms. The Morgan fingerprint density at radius 1 is 1.71 bits per heavy atom. The Morgan fingerprint density at radius 2 is 1.86 bits per heavy atom. The summed E-state index contributed by atoms with van der Waals surface area (Å²) < 4.78 is 4.14. The van der Waals surface area contributed by atoms with Crippen molar-refractivity contribution in [2.24, 2.45) is 0 Å². The molecule has 0 unspecified atom stereocenters. The van der Waals surface area contributed by atoms with Crippen LogP contribution in [0.3, 0.4) is 0 Å². The first kappa shape index (κ1) is 15.7. The van der Waals surface area contributed by atoms with Gasteiger partial charge in [0.05, 0.1) is 0 Å². The normalized spacial score (nSPS) is 4.71. The van der Waals surface area contributed by atoms with Crippen LogP contribution < -0.4 is 0 Å². The van der Waals surface area contributed by atoms with E-state index in [-0.39, 0.29) is 24.4 Å². The molecule has 0 fully saturated rings. The summed E-state index contributed by atoms with van der Waals surface area (Å²) in [5, 5.41) is 0. The van der Waals surface area contributed by atoms with Crippen LogP contribution in [0.5, 0.6) is 0 Å². The van der Waals surface area contributed by atoms with Crippen molar-refractivity contribution < 1.29 is 8.58 Å². The van der Waals surface area contributed by atoms with E-state index in [0.717, 1.165) is 0 Å². The molecule has 0 aliphatic rings. The van der Waals surface area contributed by atoms with Gasteiger partial charge in [-0.2, -0.15) is 0 Å². The van der Waals surface area contributed by atoms with Gasteiger partial charge in [0.15, 0.2) is 0 Å². The molecule has 0 saturated heterocycles. The zero-order chi connectivity index (χ0) is 4.28. The second-order valence-corrected chi connectivity index (χ2v) is 0.925. The van der Waals surface area contributed by atoms with Crippen molar-refractivity contribution in [3.63, 3.8) is 0 Å². The van der Waals surface area contributed by atoms with E-state index in [1.165, 1.54) is 23.5 Å². The summed E-state index contributed by atoms with van der Waals surface area (Å²) in [6.45, 7) is 1.37. The molecule has 0 saturated carbocycles. The van der Waals surface area contributed by atoms with Crippen LogP contribution >= 0.6 is 0 Å². The van der Waals surface area contributed by atoms with Crippen LogP contribution in [0.4, 0.5) is 0 Å². The van der Waals surface area contributed by atoms with Gasteiger partial charge in [-0.1, -0.05) is 7.43 Å². The lowest BCUT2D eigenvalue weighted by atomic mass is 10.9. The van der Waals surface area contributed by atoms with Crippen LogP contribution in [0.2, 0.25) is 0 Å². The van der Waals surface area contributed by atoms with Gasteiger partial charge < -0.3 is 3.79 Å². The van der Waals surface area contributed by atoms with Crippen molar-refractivity contribution >= 4 is 33.6 Å². The van der Waals surface area contributed by atoms with Crippen molar-refractivity contribution in [1.29, 1.82) is 0 Å². The van der Waals surface area contributed by atoms with E-state index in [9.17, 15) is 4.79 Å². The first-order chi connectivity index (χ1) is 2.27. The molecule has 0 rings (SSSR count). The molecule has 0 aliphatic heterocycles. The average molecular weight is 134 g/mol. The second kappa shape index (κ2) is 9.52. The molecule has 0 bridgehead atoms. The topological polar surface area (TPSA) is 26.3 Å². The molecule has 0 N–H and O–H groups in total. The Labute approximate surface area is 57.0 Å². The zero-order valence-electron chi connectivity index (χ0n) is 4.02. The fraction of sp³-hybridized carbons (Fsp3) is 0.667. The third-order valence-corrected chi connectivity index (χ3v) is 0.610. The van der Waals surface area contributed by atoms with Gasteiger partial charge in [-0.3, -0.25) is 4.79 Å². The zero-order valence-corrected chi connectivity index (χ0v) is 7.44. The van der Waals surface area contributed by atoms with Gasteiger partial charge >= 0.3 is 16.6 Å². The lowest BCUT2D eigenvalue weighted by molar-refractivity contribution is -0.131. The lowest BCUT2D eigenvalue weighted by Gasteiger charge is -1.84. The Kier molecular flexibility index (Phi) is 21.3. The van der Waals surface area contributed by atoms with Gasteiger partial charge in [-0.05, 0) is 11.0 Å². The summed E-state index contributed by atoms with van der Waals surface area (Å²) in [5.74, 6) is -0.233. The van der Waals surface area contributed by atoms with Crippen LogP contribution in [0.15, 0.2) is 0 Å². The fourth-order valence-electron chi connectivity index (χ4n) is 0. The Morgan fingerprint density at radius 3 is 1.86 bits per heavy atom. The highest BCUT2D eigenvalue weighted by atomic mass is 28.1. The SMILES string of the molecule is C.CC(=O)[O][AlH].[SiH3]. The van der Waals surface area contributed by atoms with Crippen molar-refractivity contribution in [1.82, 2.24) is 0 Å². The molecule has 0 heterocycles. The molecule has 0 amide bonds. The van der Waals surface area contributed by atoms with Gasteiger partial charge in [0.25, 0.3) is 5.97 Å². The molecular formula is C3H11AlO2Si. The van der Waals surface area contributed by atoms with Crippen LogP contribution in [-0.4, -0.2) is 33.6 Å². The van der Waals surface area contributed by atoms with Gasteiger partial charge in [0, 0.05) is 6.92 Å². The van der Waals surface area contributed by atoms with Crippen LogP contribution in [0.25, 0.3) is 0 Å². The molecule has 0 aromatic heterocycles. The number of hydrogen-bond acceptors (Lipinski definition) is 2. The monoisotopic (exact) mass is 134 g/mol. The maximum absolute atomic E-state index is 9.60. The minimum absolute atomic E-state index is 0. The fourth-order valence-corrected chi connectivity index (χ4v) is 0. The van der Waals surface area contributed by atoms with E-state index in [0.29, 0.717) is 0 Å². The standard InChI is InChI=1S/C2H4O2.CH4.Al.H3Si.H/c1-2(3)4;;;;/h1H3,(H,3,4);1H4;;1H3;/q;;+1;;/p-1. The number of rotatable bonds is 0. The van der Waals surface area contributed by atoms with Crippen molar-refractivity contribution in [2.45, 2.75) is 14.4 Å². The Balaban J connectivity index is -0.0000000800. The third-order valence-electron chi connectivity index (χ3n) is 0.203. The number of carbonyl (C=O) groups is 1. The molecular weight excluding hydrogens is 123 g/mol. The number of carbonyl (C=O) groups excluding carboxylic acids is 1. The van der Waals surface area contributed by atoms with Crippen molar-refractivity contribution in [2.75, 3.05) is 0 Å². The van der Waals surface area contributed by atoms with Gasteiger partial charge in [-0.25, -0.2) is 0 Å². The number of hydrogen-bond donors (Lipinski definition) is 0. The first-order valence-corrected chi connectivity index (χ1v) is 1.77. The minimum atomic E-state index is -0.233. The van der Waals surface area contributed by atoms with Crippen molar-refractivity contribution in [3.8, 4) is 0 Å². The third kappa shape index (κ3) is 22.5. The first-order valence-electron chi connectivity index (χ1n) is 1.20. The highest BCUT2D eigenvalue weighted by Gasteiger charge is 1.74. The average Bonchev–Trinajstić information content (AvgIpc) is 1.38. The quantitative estimate of drug-likeness (QED) is 0.390. The second-order valence-electron chi connectivity index (χ2n) is 0.636. The van der Waals surface area contributed by atoms with E-state index < -0.39 is 0 Å². The van der Waals surface area contributed by atoms with E-state index in [1.54, 1.807) is 0 Å². The minimum Gasteiger partial charge on any atom is -0.625 e. The molecule has 2 nitrogen and oxygen atoms in total. The maximum Gasteiger partial charge on any atom is 0.496 e. The van der Waals surface area contributed by atoms with E-state index in [4.69, 9.17) is 0 Å². The largest absolute Gasteiger partial charge is 0.625 e. The molecule has 0 aliphatic carbocycles. The molecule has 0 aromatic carbocycles. The predicted octanol–water partition coefficient (Wildman–Crippen LogP) is -1.18. The summed E-state index contributed by atoms with van der Waals surface area (Å²) >= 11 is 1.18. The Hall–Kier alpha value is 0.219. The molecule has 7 heavy (non-hydrogen) atoms. The molecule has 0 aromatic rings. The smallest absolute Gasteiger partial charge is 0.496 e. The summed E-state index contributed by atoms with van der Waals surface area (Å²) in [4.78, 5) is 9.60. The van der Waals surface area contributed by atoms with Crippen molar-refractivity contribution in [3.05, 3.63) is 0 Å². The highest BCUT2D eigenvalue weighted by molar-refractivity contribution is 6.04. The van der Waals surface area contributed by atoms with Crippen LogP contribution in [0.1, 0.15) is 14.4 Å². The molecule has 4 heteroatoms. The lowest BCUT2D eigenvalue weighted by Crippen LogP contribution is -1.90. The summed E-state index contributed by atoms with van der Waals surface area (Å²) in [6.07, 6.45) is 0. The highest BCUT2D eigenvalue weighted by Crippen LogP contribution is 1.58. The van der Waals surface area contributed by atoms with Gasteiger partial charge in [0.2, 0.25) is 0 Å². The summed E-state index contributed by atoms with van der Waals surface area (Å²) in [6, 6.07) is 0. The maximum atomic E-state index is 9.60. The molecule has 2 radical (unpaired) electrons. The van der Waals surface area contributed by atoms with Crippen LogP contribution in [0, 0.1) is 0 Å². The van der Waals surface area contributed by atoms with E-state index in [2.05, 4.69) is 3.79 Å². The Bertz CT molecular complexity index is 48.2. The van der Waals surface area contributed by atoms with E-state index >= 15 is 0 Å². The summed E-state index contributed by atoms with van der Waals surface area (Å²) in [5.41, 5.74) is 0. The van der Waals surface area contributed by atoms with E-state index in [1.807, 2.05) is 0 Å². The molecule has 0 atom stereocenters. The van der Waals surface area contributed by atoms with Crippen LogP contribution in [-0.2, 0) is 8.58 Å².